The average Bonchev–Trinajstić information content (AvgIpc) is 3.76. The number of nitrogens with one attached hydrogen (secondary N) is 1. The predicted octanol–water partition coefficient (Wildman–Crippen LogP) is 3.59. The van der Waals surface area contributed by atoms with Crippen LogP contribution in [-0.4, -0.2) is 51.6 Å². The Bertz CT molecular complexity index is 1300. The Morgan fingerprint density at radius 2 is 1.82 bits per heavy atom. The number of amides is 1. The minimum atomic E-state index is -0.165. The van der Waals surface area contributed by atoms with Gasteiger partial charge in [0.2, 0.25) is 0 Å². The second-order valence-electron chi connectivity index (χ2n) is 9.93. The van der Waals surface area contributed by atoms with Gasteiger partial charge in [-0.05, 0) is 81.3 Å². The van der Waals surface area contributed by atoms with Crippen molar-refractivity contribution in [3.63, 3.8) is 0 Å². The van der Waals surface area contributed by atoms with E-state index in [-0.39, 0.29) is 23.6 Å². The third kappa shape index (κ3) is 4.32. The Balaban J connectivity index is 1.27. The first-order chi connectivity index (χ1) is 16.5. The molecule has 3 fully saturated rings. The van der Waals surface area contributed by atoms with Crippen LogP contribution in [0.5, 0.6) is 5.75 Å². The molecule has 176 valence electrons. The second kappa shape index (κ2) is 8.55. The molecule has 2 aromatic carbocycles. The molecule has 1 amide bonds. The number of piperidine rings is 1. The largest absolute Gasteiger partial charge is 0.490 e. The van der Waals surface area contributed by atoms with Gasteiger partial charge in [-0.25, -0.2) is 4.98 Å². The fourth-order valence-corrected chi connectivity index (χ4v) is 4.84. The van der Waals surface area contributed by atoms with Crippen molar-refractivity contribution in [2.75, 3.05) is 13.1 Å². The summed E-state index contributed by atoms with van der Waals surface area (Å²) in [5.41, 5.74) is 2.59. The molecule has 0 radical (unpaired) electrons. The van der Waals surface area contributed by atoms with E-state index in [2.05, 4.69) is 15.2 Å². The van der Waals surface area contributed by atoms with Gasteiger partial charge in [-0.3, -0.25) is 14.2 Å². The molecule has 1 aromatic heterocycles. The van der Waals surface area contributed by atoms with E-state index in [1.807, 2.05) is 31.2 Å². The number of carbonyl (C=O) groups excluding carboxylic acids is 1. The molecule has 6 rings (SSSR count). The monoisotopic (exact) mass is 458 g/mol. The van der Waals surface area contributed by atoms with Crippen molar-refractivity contribution in [2.45, 2.75) is 63.6 Å². The van der Waals surface area contributed by atoms with Crippen LogP contribution in [0.15, 0.2) is 47.5 Å². The van der Waals surface area contributed by atoms with Gasteiger partial charge in [0.15, 0.2) is 0 Å². The van der Waals surface area contributed by atoms with Gasteiger partial charge in [-0.2, -0.15) is 0 Å². The lowest BCUT2D eigenvalue weighted by Gasteiger charge is -2.32. The van der Waals surface area contributed by atoms with Crippen molar-refractivity contribution in [3.8, 4) is 11.4 Å². The number of nitrogens with zero attached hydrogens (tertiary/aromatic N) is 3. The maximum Gasteiger partial charge on any atom is 0.265 e. The van der Waals surface area contributed by atoms with Gasteiger partial charge in [0, 0.05) is 30.7 Å². The van der Waals surface area contributed by atoms with Gasteiger partial charge >= 0.3 is 0 Å². The molecule has 0 unspecified atom stereocenters. The molecule has 0 atom stereocenters. The second-order valence-corrected chi connectivity index (χ2v) is 9.93. The molecule has 1 saturated heterocycles. The molecule has 2 heterocycles. The highest BCUT2D eigenvalue weighted by molar-refractivity contribution is 5.95. The highest BCUT2D eigenvalue weighted by atomic mass is 16.5. The standard InChI is InChI=1S/C27H30N4O3/c1-17-2-3-18(26(32)29-19-4-5-19)14-25(17)31-16-28-24-9-8-22(15-23(24)27(31)33)34-21-10-12-30(13-11-21)20-6-7-20/h2-3,8-9,14-16,19-21H,4-7,10-13H2,1H3,(H,29,32). The summed E-state index contributed by atoms with van der Waals surface area (Å²) >= 11 is 0. The molecule has 34 heavy (non-hydrogen) atoms. The molecular formula is C27H30N4O3. The van der Waals surface area contributed by atoms with Gasteiger partial charge < -0.3 is 15.0 Å². The number of carbonyl (C=O) groups is 1. The first kappa shape index (κ1) is 21.4. The van der Waals surface area contributed by atoms with Crippen molar-refractivity contribution in [1.29, 1.82) is 0 Å². The van der Waals surface area contributed by atoms with E-state index in [0.717, 1.165) is 50.4 Å². The molecule has 3 aromatic rings. The molecule has 1 N–H and O–H groups in total. The number of fused-ring (bicyclic) bond motifs is 1. The molecule has 2 aliphatic carbocycles. The lowest BCUT2D eigenvalue weighted by atomic mass is 10.1. The Labute approximate surface area is 198 Å². The summed E-state index contributed by atoms with van der Waals surface area (Å²) in [6.07, 6.45) is 8.48. The maximum atomic E-state index is 13.5. The van der Waals surface area contributed by atoms with E-state index in [1.54, 1.807) is 18.5 Å². The minimum absolute atomic E-state index is 0.103. The maximum absolute atomic E-state index is 13.5. The van der Waals surface area contributed by atoms with Crippen molar-refractivity contribution in [2.24, 2.45) is 0 Å². The topological polar surface area (TPSA) is 76.5 Å². The Morgan fingerprint density at radius 3 is 2.56 bits per heavy atom. The van der Waals surface area contributed by atoms with Crippen LogP contribution in [0.3, 0.4) is 0 Å². The zero-order valence-corrected chi connectivity index (χ0v) is 19.5. The van der Waals surface area contributed by atoms with Crippen LogP contribution in [-0.2, 0) is 0 Å². The fraction of sp³-hybridized carbons (Fsp3) is 0.444. The van der Waals surface area contributed by atoms with Gasteiger partial charge in [0.25, 0.3) is 11.5 Å². The summed E-state index contributed by atoms with van der Waals surface area (Å²) in [5, 5.41) is 3.53. The van der Waals surface area contributed by atoms with Crippen LogP contribution < -0.4 is 15.6 Å². The average molecular weight is 459 g/mol. The summed E-state index contributed by atoms with van der Waals surface area (Å²) in [7, 11) is 0. The summed E-state index contributed by atoms with van der Waals surface area (Å²) in [4.78, 5) is 33.1. The molecule has 7 heteroatoms. The molecular weight excluding hydrogens is 428 g/mol. The Hall–Kier alpha value is -3.19. The number of ether oxygens (including phenoxy) is 1. The van der Waals surface area contributed by atoms with Crippen molar-refractivity contribution >= 4 is 16.8 Å². The quantitative estimate of drug-likeness (QED) is 0.611. The first-order valence-corrected chi connectivity index (χ1v) is 12.4. The van der Waals surface area contributed by atoms with E-state index in [1.165, 1.54) is 17.4 Å². The molecule has 1 aliphatic heterocycles. The number of aryl methyl sites for hydroxylation is 1. The third-order valence-electron chi connectivity index (χ3n) is 7.22. The van der Waals surface area contributed by atoms with Crippen LogP contribution in [0.1, 0.15) is 54.4 Å². The number of benzene rings is 2. The summed E-state index contributed by atoms with van der Waals surface area (Å²) in [6.45, 7) is 4.10. The number of rotatable bonds is 6. The summed E-state index contributed by atoms with van der Waals surface area (Å²) < 4.78 is 7.81. The number of likely N-dealkylation sites (tertiary alicyclic amines) is 1. The zero-order chi connectivity index (χ0) is 23.2. The van der Waals surface area contributed by atoms with Crippen LogP contribution in [0.4, 0.5) is 0 Å². The zero-order valence-electron chi connectivity index (χ0n) is 19.5. The van der Waals surface area contributed by atoms with E-state index in [0.29, 0.717) is 27.9 Å². The number of hydrogen-bond donors (Lipinski definition) is 1. The highest BCUT2D eigenvalue weighted by Crippen LogP contribution is 2.30. The molecule has 0 spiro atoms. The van der Waals surface area contributed by atoms with Gasteiger partial charge in [-0.1, -0.05) is 6.07 Å². The van der Waals surface area contributed by atoms with E-state index >= 15 is 0 Å². The predicted molar refractivity (Wildman–Crippen MR) is 131 cm³/mol. The summed E-state index contributed by atoms with van der Waals surface area (Å²) in [6, 6.07) is 12.1. The SMILES string of the molecule is Cc1ccc(C(=O)NC2CC2)cc1-n1cnc2ccc(OC3CCN(C4CC4)CC3)cc2c1=O. The molecule has 7 nitrogen and oxygen atoms in total. The van der Waals surface area contributed by atoms with Gasteiger partial charge in [0.05, 0.1) is 16.6 Å². The first-order valence-electron chi connectivity index (χ1n) is 12.4. The van der Waals surface area contributed by atoms with Gasteiger partial charge in [-0.15, -0.1) is 0 Å². The van der Waals surface area contributed by atoms with E-state index in [4.69, 9.17) is 4.74 Å². The van der Waals surface area contributed by atoms with Crippen molar-refractivity contribution in [3.05, 3.63) is 64.2 Å². The fourth-order valence-electron chi connectivity index (χ4n) is 4.84. The van der Waals surface area contributed by atoms with Gasteiger partial charge in [0.1, 0.15) is 18.2 Å². The van der Waals surface area contributed by atoms with Crippen LogP contribution in [0.25, 0.3) is 16.6 Å². The smallest absolute Gasteiger partial charge is 0.265 e. The third-order valence-corrected chi connectivity index (χ3v) is 7.22. The number of hydrogen-bond acceptors (Lipinski definition) is 5. The normalized spacial score (nSPS) is 19.3. The summed E-state index contributed by atoms with van der Waals surface area (Å²) in [5.74, 6) is 0.609. The molecule has 2 saturated carbocycles. The van der Waals surface area contributed by atoms with Crippen LogP contribution in [0, 0.1) is 6.92 Å². The van der Waals surface area contributed by atoms with Crippen molar-refractivity contribution in [1.82, 2.24) is 19.8 Å². The minimum Gasteiger partial charge on any atom is -0.490 e. The van der Waals surface area contributed by atoms with Crippen LogP contribution >= 0.6 is 0 Å². The van der Waals surface area contributed by atoms with Crippen LogP contribution in [0.2, 0.25) is 0 Å². The lowest BCUT2D eigenvalue weighted by molar-refractivity contribution is 0.0950. The highest BCUT2D eigenvalue weighted by Gasteiger charge is 2.32. The molecule has 3 aliphatic rings. The lowest BCUT2D eigenvalue weighted by Crippen LogP contribution is -2.39. The van der Waals surface area contributed by atoms with E-state index in [9.17, 15) is 9.59 Å². The Kier molecular flexibility index (Phi) is 5.37. The molecule has 0 bridgehead atoms. The van der Waals surface area contributed by atoms with Crippen molar-refractivity contribution < 1.29 is 9.53 Å². The van der Waals surface area contributed by atoms with E-state index < -0.39 is 0 Å². The number of aromatic nitrogens is 2. The Morgan fingerprint density at radius 1 is 1.03 bits per heavy atom.